The maximum Gasteiger partial charge on any atom is 0.274 e. The van der Waals surface area contributed by atoms with E-state index in [1.807, 2.05) is 0 Å². The Morgan fingerprint density at radius 1 is 1.35 bits per heavy atom. The van der Waals surface area contributed by atoms with Crippen molar-refractivity contribution in [2.24, 2.45) is 0 Å². The van der Waals surface area contributed by atoms with Gasteiger partial charge in [-0.3, -0.25) is 14.8 Å². The summed E-state index contributed by atoms with van der Waals surface area (Å²) in [7, 11) is 0. The quantitative estimate of drug-likeness (QED) is 0.821. The van der Waals surface area contributed by atoms with Crippen molar-refractivity contribution in [1.82, 2.24) is 9.97 Å². The first-order valence-corrected chi connectivity index (χ1v) is 4.79. The van der Waals surface area contributed by atoms with Gasteiger partial charge in [-0.15, -0.1) is 0 Å². The fourth-order valence-electron chi connectivity index (χ4n) is 1.23. The molecular weight excluding hydrogens is 223 g/mol. The molecule has 0 aromatic carbocycles. The molecule has 0 aliphatic heterocycles. The number of nitrogen functional groups attached to an aromatic ring is 1. The van der Waals surface area contributed by atoms with Crippen LogP contribution in [0.2, 0.25) is 0 Å². The molecule has 0 atom stereocenters. The van der Waals surface area contributed by atoms with Crippen LogP contribution in [-0.2, 0) is 0 Å². The Kier molecular flexibility index (Phi) is 2.95. The van der Waals surface area contributed by atoms with Gasteiger partial charge in [0, 0.05) is 18.1 Å². The Bertz CT molecular complexity index is 559. The fraction of sp³-hybridized carbons (Fsp3) is 0. The molecule has 2 aromatic heterocycles. The molecule has 2 rings (SSSR count). The molecule has 0 fully saturated rings. The molecule has 17 heavy (non-hydrogen) atoms. The lowest BCUT2D eigenvalue weighted by Gasteiger charge is -2.05. The van der Waals surface area contributed by atoms with Gasteiger partial charge in [0.1, 0.15) is 5.69 Å². The molecule has 2 heterocycles. The van der Waals surface area contributed by atoms with Gasteiger partial charge < -0.3 is 11.1 Å². The molecule has 3 N–H and O–H groups in total. The van der Waals surface area contributed by atoms with Crippen molar-refractivity contribution < 1.29 is 9.18 Å². The first kappa shape index (κ1) is 11.0. The van der Waals surface area contributed by atoms with E-state index in [9.17, 15) is 9.18 Å². The van der Waals surface area contributed by atoms with Gasteiger partial charge in [0.05, 0.1) is 11.9 Å². The number of aromatic nitrogens is 2. The molecule has 0 bridgehead atoms. The minimum absolute atomic E-state index is 0.0502. The zero-order valence-corrected chi connectivity index (χ0v) is 8.72. The minimum Gasteiger partial charge on any atom is -0.399 e. The van der Waals surface area contributed by atoms with Crippen LogP contribution in [0.25, 0.3) is 0 Å². The number of rotatable bonds is 2. The molecule has 0 aliphatic rings. The second-order valence-electron chi connectivity index (χ2n) is 3.28. The van der Waals surface area contributed by atoms with Crippen molar-refractivity contribution in [2.45, 2.75) is 0 Å². The van der Waals surface area contributed by atoms with Crippen molar-refractivity contribution >= 4 is 17.3 Å². The molecule has 0 aliphatic carbocycles. The van der Waals surface area contributed by atoms with E-state index in [1.54, 1.807) is 6.07 Å². The van der Waals surface area contributed by atoms with Crippen molar-refractivity contribution in [3.8, 4) is 0 Å². The number of hydrogen-bond donors (Lipinski definition) is 2. The number of carbonyl (C=O) groups excluding carboxylic acids is 1. The number of anilines is 2. The van der Waals surface area contributed by atoms with E-state index in [1.165, 1.54) is 24.5 Å². The molecule has 1 amide bonds. The number of carbonyl (C=O) groups is 1. The summed E-state index contributed by atoms with van der Waals surface area (Å²) in [5.74, 6) is -1.13. The maximum atomic E-state index is 13.2. The smallest absolute Gasteiger partial charge is 0.274 e. The van der Waals surface area contributed by atoms with E-state index in [2.05, 4.69) is 15.3 Å². The number of pyridine rings is 2. The highest BCUT2D eigenvalue weighted by Gasteiger charge is 2.10. The summed E-state index contributed by atoms with van der Waals surface area (Å²) in [4.78, 5) is 19.1. The minimum atomic E-state index is -0.607. The zero-order valence-electron chi connectivity index (χ0n) is 8.72. The summed E-state index contributed by atoms with van der Waals surface area (Å²) in [6, 6.07) is 4.33. The van der Waals surface area contributed by atoms with Gasteiger partial charge in [0.25, 0.3) is 5.91 Å². The molecule has 86 valence electrons. The highest BCUT2D eigenvalue weighted by atomic mass is 19.1. The van der Waals surface area contributed by atoms with Crippen LogP contribution in [0.4, 0.5) is 15.8 Å². The summed E-state index contributed by atoms with van der Waals surface area (Å²) in [5, 5.41) is 2.38. The number of nitrogens with two attached hydrogens (primary N) is 1. The molecule has 0 unspecified atom stereocenters. The molecule has 0 saturated heterocycles. The van der Waals surface area contributed by atoms with E-state index in [0.29, 0.717) is 5.69 Å². The summed E-state index contributed by atoms with van der Waals surface area (Å²) in [6.07, 6.45) is 3.81. The normalized spacial score (nSPS) is 9.94. The average Bonchev–Trinajstić information content (AvgIpc) is 2.32. The third-order valence-electron chi connectivity index (χ3n) is 2.04. The molecule has 0 saturated carbocycles. The molecule has 0 spiro atoms. The Morgan fingerprint density at radius 2 is 2.18 bits per heavy atom. The van der Waals surface area contributed by atoms with Crippen LogP contribution in [0, 0.1) is 5.82 Å². The lowest BCUT2D eigenvalue weighted by atomic mass is 10.3. The zero-order chi connectivity index (χ0) is 12.3. The van der Waals surface area contributed by atoms with Crippen LogP contribution in [0.5, 0.6) is 0 Å². The monoisotopic (exact) mass is 232 g/mol. The molecule has 5 nitrogen and oxygen atoms in total. The topological polar surface area (TPSA) is 80.9 Å². The highest BCUT2D eigenvalue weighted by molar-refractivity contribution is 6.03. The predicted octanol–water partition coefficient (Wildman–Crippen LogP) is 1.45. The van der Waals surface area contributed by atoms with E-state index < -0.39 is 11.7 Å². The van der Waals surface area contributed by atoms with Crippen LogP contribution in [0.3, 0.4) is 0 Å². The second-order valence-corrected chi connectivity index (χ2v) is 3.28. The lowest BCUT2D eigenvalue weighted by molar-refractivity contribution is 0.102. The van der Waals surface area contributed by atoms with Crippen LogP contribution in [0.15, 0.2) is 36.8 Å². The summed E-state index contributed by atoms with van der Waals surface area (Å²) in [5.41, 5.74) is 6.11. The predicted molar refractivity (Wildman–Crippen MR) is 60.8 cm³/mol. The van der Waals surface area contributed by atoms with Gasteiger partial charge in [-0.25, -0.2) is 4.39 Å². The van der Waals surface area contributed by atoms with E-state index in [4.69, 9.17) is 5.73 Å². The van der Waals surface area contributed by atoms with Crippen LogP contribution in [0.1, 0.15) is 10.5 Å². The maximum absolute atomic E-state index is 13.2. The average molecular weight is 232 g/mol. The summed E-state index contributed by atoms with van der Waals surface area (Å²) in [6.45, 7) is 0. The fourth-order valence-corrected chi connectivity index (χ4v) is 1.23. The molecular formula is C11H9FN4O. The van der Waals surface area contributed by atoms with Crippen molar-refractivity contribution in [2.75, 3.05) is 11.1 Å². The summed E-state index contributed by atoms with van der Waals surface area (Å²) >= 11 is 0. The Labute approximate surface area is 96.5 Å². The third kappa shape index (κ3) is 2.54. The number of halogens is 1. The first-order valence-electron chi connectivity index (χ1n) is 4.79. The second kappa shape index (κ2) is 4.56. The van der Waals surface area contributed by atoms with Crippen molar-refractivity contribution in [3.05, 3.63) is 48.3 Å². The Hall–Kier alpha value is -2.50. The van der Waals surface area contributed by atoms with Gasteiger partial charge >= 0.3 is 0 Å². The van der Waals surface area contributed by atoms with Crippen LogP contribution < -0.4 is 11.1 Å². The van der Waals surface area contributed by atoms with Gasteiger partial charge in [0.2, 0.25) is 0 Å². The first-order chi connectivity index (χ1) is 8.16. The van der Waals surface area contributed by atoms with Gasteiger partial charge in [-0.05, 0) is 18.2 Å². The summed E-state index contributed by atoms with van der Waals surface area (Å²) < 4.78 is 13.2. The highest BCUT2D eigenvalue weighted by Crippen LogP contribution is 2.12. The number of amides is 1. The van der Waals surface area contributed by atoms with Gasteiger partial charge in [-0.2, -0.15) is 0 Å². The largest absolute Gasteiger partial charge is 0.399 e. The molecule has 6 heteroatoms. The van der Waals surface area contributed by atoms with Crippen LogP contribution in [-0.4, -0.2) is 15.9 Å². The van der Waals surface area contributed by atoms with Crippen molar-refractivity contribution in [3.63, 3.8) is 0 Å². The van der Waals surface area contributed by atoms with Gasteiger partial charge in [0.15, 0.2) is 5.82 Å². The molecule has 2 aromatic rings. The van der Waals surface area contributed by atoms with Crippen molar-refractivity contribution in [1.29, 1.82) is 0 Å². The third-order valence-corrected chi connectivity index (χ3v) is 2.04. The van der Waals surface area contributed by atoms with Gasteiger partial charge in [-0.1, -0.05) is 0 Å². The Morgan fingerprint density at radius 3 is 2.88 bits per heavy atom. The van der Waals surface area contributed by atoms with E-state index >= 15 is 0 Å². The molecule has 0 radical (unpaired) electrons. The SMILES string of the molecule is Nc1ccnc(C(=O)Nc2ccncc2F)c1. The number of nitrogens with one attached hydrogen (secondary N) is 1. The van der Waals surface area contributed by atoms with E-state index in [-0.39, 0.29) is 11.4 Å². The lowest BCUT2D eigenvalue weighted by Crippen LogP contribution is -2.14. The standard InChI is InChI=1S/C11H9FN4O/c12-8-6-14-3-2-9(8)16-11(17)10-5-7(13)1-4-15-10/h1-6H,(H2,13,15)(H,14,16,17). The Balaban J connectivity index is 2.20. The number of hydrogen-bond acceptors (Lipinski definition) is 4. The van der Waals surface area contributed by atoms with Crippen LogP contribution >= 0.6 is 0 Å². The number of nitrogens with zero attached hydrogens (tertiary/aromatic N) is 2. The van der Waals surface area contributed by atoms with E-state index in [0.717, 1.165) is 6.20 Å².